The molecule has 0 saturated heterocycles. The fraction of sp³-hybridized carbons (Fsp3) is 0.375. The van der Waals surface area contributed by atoms with Crippen LogP contribution in [0.15, 0.2) is 30.5 Å². The first-order chi connectivity index (χ1) is 11.4. The van der Waals surface area contributed by atoms with E-state index in [4.69, 9.17) is 0 Å². The van der Waals surface area contributed by atoms with Crippen LogP contribution >= 0.6 is 0 Å². The van der Waals surface area contributed by atoms with Gasteiger partial charge in [-0.1, -0.05) is 6.07 Å². The molecular weight excluding hydrogens is 310 g/mol. The van der Waals surface area contributed by atoms with Gasteiger partial charge in [0.05, 0.1) is 17.7 Å². The highest BCUT2D eigenvalue weighted by Gasteiger charge is 2.12. The molecule has 24 heavy (non-hydrogen) atoms. The molecule has 1 aromatic carbocycles. The van der Waals surface area contributed by atoms with Gasteiger partial charge in [-0.05, 0) is 27.0 Å². The van der Waals surface area contributed by atoms with Crippen LogP contribution in [0.5, 0.6) is 0 Å². The van der Waals surface area contributed by atoms with Crippen LogP contribution in [0, 0.1) is 17.0 Å². The predicted octanol–water partition coefficient (Wildman–Crippen LogP) is 2.19. The molecule has 0 aliphatic carbocycles. The number of nitro groups is 1. The Morgan fingerprint density at radius 1 is 1.46 bits per heavy atom. The van der Waals surface area contributed by atoms with Gasteiger partial charge in [0.2, 0.25) is 5.91 Å². The van der Waals surface area contributed by atoms with Gasteiger partial charge in [0, 0.05) is 42.2 Å². The van der Waals surface area contributed by atoms with Gasteiger partial charge >= 0.3 is 0 Å². The van der Waals surface area contributed by atoms with E-state index < -0.39 is 4.92 Å². The third-order valence-electron chi connectivity index (χ3n) is 3.70. The number of rotatable bonds is 7. The number of nitro benzene ring substituents is 1. The fourth-order valence-corrected chi connectivity index (χ4v) is 2.45. The van der Waals surface area contributed by atoms with Gasteiger partial charge in [-0.25, -0.2) is 0 Å². The molecule has 0 unspecified atom stereocenters. The van der Waals surface area contributed by atoms with Crippen molar-refractivity contribution < 1.29 is 9.72 Å². The average Bonchev–Trinajstić information content (AvgIpc) is 2.87. The zero-order chi connectivity index (χ0) is 17.7. The lowest BCUT2D eigenvalue weighted by atomic mass is 10.2. The lowest BCUT2D eigenvalue weighted by molar-refractivity contribution is -0.384. The third kappa shape index (κ3) is 4.39. The minimum absolute atomic E-state index is 0.0521. The van der Waals surface area contributed by atoms with Crippen molar-refractivity contribution in [3.05, 3.63) is 51.8 Å². The van der Waals surface area contributed by atoms with Crippen LogP contribution in [-0.4, -0.2) is 39.1 Å². The van der Waals surface area contributed by atoms with Gasteiger partial charge in [0.1, 0.15) is 0 Å². The van der Waals surface area contributed by atoms with E-state index in [-0.39, 0.29) is 18.1 Å². The number of carbonyl (C=O) groups excluding carboxylic acids is 1. The van der Waals surface area contributed by atoms with E-state index in [0.717, 1.165) is 17.8 Å². The number of nitrogens with one attached hydrogen (secondary N) is 1. The molecule has 8 heteroatoms. The Morgan fingerprint density at radius 2 is 2.21 bits per heavy atom. The van der Waals surface area contributed by atoms with Gasteiger partial charge in [0.25, 0.3) is 5.69 Å². The summed E-state index contributed by atoms with van der Waals surface area (Å²) in [4.78, 5) is 24.2. The molecule has 2 rings (SSSR count). The Labute approximate surface area is 140 Å². The minimum Gasteiger partial charge on any atom is -0.325 e. The number of carbonyl (C=O) groups is 1. The number of non-ortho nitro benzene ring substituents is 1. The van der Waals surface area contributed by atoms with E-state index in [9.17, 15) is 14.9 Å². The molecule has 0 atom stereocenters. The molecule has 1 heterocycles. The summed E-state index contributed by atoms with van der Waals surface area (Å²) >= 11 is 0. The van der Waals surface area contributed by atoms with E-state index >= 15 is 0 Å². The topological polar surface area (TPSA) is 93.3 Å². The Balaban J connectivity index is 1.93. The zero-order valence-electron chi connectivity index (χ0n) is 14.0. The smallest absolute Gasteiger partial charge is 0.271 e. The van der Waals surface area contributed by atoms with Crippen molar-refractivity contribution in [3.8, 4) is 0 Å². The summed E-state index contributed by atoms with van der Waals surface area (Å²) in [6, 6.07) is 5.89. The normalized spacial score (nSPS) is 10.8. The Morgan fingerprint density at radius 3 is 2.83 bits per heavy atom. The number of likely N-dealkylation sites (N-methyl/N-ethyl adjacent to an activating group) is 1. The van der Waals surface area contributed by atoms with Gasteiger partial charge in [0.15, 0.2) is 0 Å². The number of aryl methyl sites for hydroxylation is 1. The molecule has 0 radical (unpaired) electrons. The molecule has 1 aromatic heterocycles. The largest absolute Gasteiger partial charge is 0.325 e. The van der Waals surface area contributed by atoms with Crippen LogP contribution in [0.1, 0.15) is 18.2 Å². The summed E-state index contributed by atoms with van der Waals surface area (Å²) < 4.78 is 1.91. The van der Waals surface area contributed by atoms with Crippen molar-refractivity contribution in [1.82, 2.24) is 14.7 Å². The van der Waals surface area contributed by atoms with Crippen molar-refractivity contribution in [2.24, 2.45) is 0 Å². The number of benzene rings is 1. The summed E-state index contributed by atoms with van der Waals surface area (Å²) in [6.45, 7) is 5.62. The average molecular weight is 331 g/mol. The molecule has 1 N–H and O–H groups in total. The number of nitrogens with zero attached hydrogens (tertiary/aromatic N) is 4. The van der Waals surface area contributed by atoms with Crippen LogP contribution in [0.25, 0.3) is 0 Å². The van der Waals surface area contributed by atoms with Crippen molar-refractivity contribution in [3.63, 3.8) is 0 Å². The minimum atomic E-state index is -0.490. The Kier molecular flexibility index (Phi) is 5.64. The maximum Gasteiger partial charge on any atom is 0.271 e. The third-order valence-corrected chi connectivity index (χ3v) is 3.70. The van der Waals surface area contributed by atoms with Crippen molar-refractivity contribution >= 4 is 17.3 Å². The number of anilines is 1. The number of hydrogen-bond acceptors (Lipinski definition) is 5. The first-order valence-electron chi connectivity index (χ1n) is 7.64. The highest BCUT2D eigenvalue weighted by atomic mass is 16.6. The zero-order valence-corrected chi connectivity index (χ0v) is 14.0. The summed E-state index contributed by atoms with van der Waals surface area (Å²) in [5.74, 6) is -0.224. The van der Waals surface area contributed by atoms with Crippen molar-refractivity contribution in [1.29, 1.82) is 0 Å². The van der Waals surface area contributed by atoms with Gasteiger partial charge in [-0.3, -0.25) is 24.5 Å². The van der Waals surface area contributed by atoms with E-state index in [1.165, 1.54) is 12.1 Å². The molecule has 0 spiro atoms. The lowest BCUT2D eigenvalue weighted by Crippen LogP contribution is -2.30. The molecule has 0 fully saturated rings. The fourth-order valence-electron chi connectivity index (χ4n) is 2.45. The van der Waals surface area contributed by atoms with Crippen LogP contribution < -0.4 is 5.32 Å². The summed E-state index contributed by atoms with van der Waals surface area (Å²) in [5, 5.41) is 17.7. The highest BCUT2D eigenvalue weighted by Crippen LogP contribution is 2.17. The molecule has 0 aliphatic heterocycles. The number of aromatic nitrogens is 2. The number of hydrogen-bond donors (Lipinski definition) is 1. The van der Waals surface area contributed by atoms with Gasteiger partial charge < -0.3 is 5.32 Å². The lowest BCUT2D eigenvalue weighted by Gasteiger charge is -2.16. The molecular formula is C16H21N5O3. The van der Waals surface area contributed by atoms with Crippen LogP contribution in [-0.2, 0) is 17.9 Å². The van der Waals surface area contributed by atoms with Crippen LogP contribution in [0.4, 0.5) is 11.4 Å². The van der Waals surface area contributed by atoms with E-state index in [1.807, 2.05) is 36.7 Å². The predicted molar refractivity (Wildman–Crippen MR) is 90.7 cm³/mol. The maximum absolute atomic E-state index is 12.1. The van der Waals surface area contributed by atoms with E-state index in [2.05, 4.69) is 10.4 Å². The summed E-state index contributed by atoms with van der Waals surface area (Å²) in [6.07, 6.45) is 1.81. The van der Waals surface area contributed by atoms with Crippen molar-refractivity contribution in [2.75, 3.05) is 18.9 Å². The summed E-state index contributed by atoms with van der Waals surface area (Å²) in [5.41, 5.74) is 2.52. The van der Waals surface area contributed by atoms with Gasteiger partial charge in [-0.15, -0.1) is 0 Å². The first-order valence-corrected chi connectivity index (χ1v) is 7.64. The number of amides is 1. The molecule has 1 amide bonds. The molecule has 2 aromatic rings. The van der Waals surface area contributed by atoms with Gasteiger partial charge in [-0.2, -0.15) is 5.10 Å². The molecule has 0 saturated carbocycles. The Bertz CT molecular complexity index is 741. The molecule has 0 bridgehead atoms. The standard InChI is InChI=1S/C16H21N5O3/c1-4-20-12(2)13(9-17-20)10-19(3)11-16(22)18-14-6-5-7-15(8-14)21(23)24/h5-9H,4,10-11H2,1-3H3,(H,18,22). The SMILES string of the molecule is CCn1ncc(CN(C)CC(=O)Nc2cccc([N+](=O)[O-])c2)c1C. The van der Waals surface area contributed by atoms with E-state index in [1.54, 1.807) is 12.1 Å². The summed E-state index contributed by atoms with van der Waals surface area (Å²) in [7, 11) is 1.84. The van der Waals surface area contributed by atoms with Crippen molar-refractivity contribution in [2.45, 2.75) is 26.9 Å². The first kappa shape index (κ1) is 17.6. The van der Waals surface area contributed by atoms with Crippen LogP contribution in [0.3, 0.4) is 0 Å². The van der Waals surface area contributed by atoms with E-state index in [0.29, 0.717) is 12.2 Å². The second-order valence-electron chi connectivity index (χ2n) is 5.60. The molecule has 0 aliphatic rings. The molecule has 8 nitrogen and oxygen atoms in total. The second kappa shape index (κ2) is 7.69. The maximum atomic E-state index is 12.1. The Hall–Kier alpha value is -2.74. The second-order valence-corrected chi connectivity index (χ2v) is 5.60. The highest BCUT2D eigenvalue weighted by molar-refractivity contribution is 5.92. The molecule has 128 valence electrons. The quantitative estimate of drug-likeness (QED) is 0.620. The van der Waals surface area contributed by atoms with Crippen LogP contribution in [0.2, 0.25) is 0 Å². The monoisotopic (exact) mass is 331 g/mol.